The number of nitrogens with zero attached hydrogens (tertiary/aromatic N) is 2. The molecule has 2 atom stereocenters. The van der Waals surface area contributed by atoms with Gasteiger partial charge in [0, 0.05) is 33.7 Å². The molecule has 0 aromatic heterocycles. The number of aliphatic hydroxyl groups excluding tert-OH is 2. The molecule has 0 aliphatic rings. The first-order chi connectivity index (χ1) is 15.9. The average Bonchev–Trinajstić information content (AvgIpc) is 2.84. The Hall–Kier alpha value is -3.19. The molecule has 33 heavy (non-hydrogen) atoms. The van der Waals surface area contributed by atoms with Crippen molar-refractivity contribution >= 4 is 6.09 Å². The minimum atomic E-state index is -0.651. The molecular weight excluding hydrogens is 416 g/mol. The number of hydrogen-bond acceptors (Lipinski definition) is 5. The summed E-state index contributed by atoms with van der Waals surface area (Å²) >= 11 is 0. The van der Waals surface area contributed by atoms with Gasteiger partial charge in [0.15, 0.2) is 0 Å². The van der Waals surface area contributed by atoms with Crippen molar-refractivity contribution in [3.05, 3.63) is 102 Å². The van der Waals surface area contributed by atoms with E-state index in [0.717, 1.165) is 23.1 Å². The number of hydrogen-bond donors (Lipinski definition) is 2. The summed E-state index contributed by atoms with van der Waals surface area (Å²) in [5, 5.41) is 21.5. The Labute approximate surface area is 195 Å². The van der Waals surface area contributed by atoms with Gasteiger partial charge in [-0.15, -0.1) is 0 Å². The van der Waals surface area contributed by atoms with Crippen LogP contribution in [0.5, 0.6) is 5.75 Å². The highest BCUT2D eigenvalue weighted by Gasteiger charge is 2.18. The maximum absolute atomic E-state index is 11.7. The highest BCUT2D eigenvalue weighted by Crippen LogP contribution is 2.19. The van der Waals surface area contributed by atoms with Crippen molar-refractivity contribution in [2.75, 3.05) is 33.7 Å². The van der Waals surface area contributed by atoms with Gasteiger partial charge in [0.1, 0.15) is 5.75 Å². The smallest absolute Gasteiger partial charge is 0.410 e. The lowest BCUT2D eigenvalue weighted by Gasteiger charge is -2.28. The van der Waals surface area contributed by atoms with Crippen LogP contribution >= 0.6 is 0 Å². The van der Waals surface area contributed by atoms with Crippen molar-refractivity contribution in [1.82, 2.24) is 9.80 Å². The van der Waals surface area contributed by atoms with Gasteiger partial charge in [0.05, 0.1) is 12.2 Å². The van der Waals surface area contributed by atoms with Crippen LogP contribution < -0.4 is 4.74 Å². The molecule has 0 heterocycles. The topological polar surface area (TPSA) is 73.2 Å². The summed E-state index contributed by atoms with van der Waals surface area (Å²) in [6, 6.07) is 26.5. The first kappa shape index (κ1) is 24.5. The summed E-state index contributed by atoms with van der Waals surface area (Å²) in [6.45, 7) is 1.48. The minimum absolute atomic E-state index is 0.409. The standard InChI is InChI=1S/C27H32N2O4/c1-28(2)27(32)33-24-15-13-21(14-16-24)17-18-29(19-25(30)22-9-5-3-6-10-22)20-26(31)23-11-7-4-8-12-23/h3-16,25-26,30-31H,17-20H2,1-2H3/t25-,26-/m0/s1. The highest BCUT2D eigenvalue weighted by atomic mass is 16.6. The third-order valence-electron chi connectivity index (χ3n) is 5.44. The summed E-state index contributed by atoms with van der Waals surface area (Å²) in [5.41, 5.74) is 2.78. The summed E-state index contributed by atoms with van der Waals surface area (Å²) < 4.78 is 5.27. The van der Waals surface area contributed by atoms with Crippen molar-refractivity contribution in [2.24, 2.45) is 0 Å². The van der Waals surface area contributed by atoms with Crippen molar-refractivity contribution in [2.45, 2.75) is 18.6 Å². The number of aliphatic hydroxyl groups is 2. The maximum Gasteiger partial charge on any atom is 0.414 e. The van der Waals surface area contributed by atoms with Crippen molar-refractivity contribution < 1.29 is 19.7 Å². The van der Waals surface area contributed by atoms with E-state index in [9.17, 15) is 15.0 Å². The number of benzene rings is 3. The monoisotopic (exact) mass is 448 g/mol. The lowest BCUT2D eigenvalue weighted by molar-refractivity contribution is 0.0694. The third kappa shape index (κ3) is 7.71. The Kier molecular flexibility index (Phi) is 9.01. The van der Waals surface area contributed by atoms with Crippen LogP contribution in [0.4, 0.5) is 4.79 Å². The molecular formula is C27H32N2O4. The van der Waals surface area contributed by atoms with Crippen molar-refractivity contribution in [3.8, 4) is 5.75 Å². The van der Waals surface area contributed by atoms with Crippen LogP contribution in [-0.2, 0) is 6.42 Å². The van der Waals surface area contributed by atoms with Gasteiger partial charge in [0.25, 0.3) is 0 Å². The SMILES string of the molecule is CN(C)C(=O)Oc1ccc(CCN(C[C@H](O)c2ccccc2)C[C@H](O)c2ccccc2)cc1. The average molecular weight is 449 g/mol. The molecule has 0 aliphatic carbocycles. The number of rotatable bonds is 10. The molecule has 0 fully saturated rings. The normalized spacial score (nSPS) is 12.9. The van der Waals surface area contributed by atoms with Crippen LogP contribution in [0.25, 0.3) is 0 Å². The highest BCUT2D eigenvalue weighted by molar-refractivity contribution is 5.69. The quantitative estimate of drug-likeness (QED) is 0.489. The van der Waals surface area contributed by atoms with Crippen LogP contribution in [0.3, 0.4) is 0 Å². The second-order valence-electron chi connectivity index (χ2n) is 8.27. The Morgan fingerprint density at radius 1 is 0.788 bits per heavy atom. The zero-order valence-electron chi connectivity index (χ0n) is 19.2. The molecule has 0 bridgehead atoms. The molecule has 3 aromatic carbocycles. The number of ether oxygens (including phenoxy) is 1. The molecule has 0 radical (unpaired) electrons. The fraction of sp³-hybridized carbons (Fsp3) is 0.296. The fourth-order valence-electron chi connectivity index (χ4n) is 3.51. The number of carbonyl (C=O) groups excluding carboxylic acids is 1. The Bertz CT molecular complexity index is 931. The van der Waals surface area contributed by atoms with E-state index in [1.54, 1.807) is 26.2 Å². The summed E-state index contributed by atoms with van der Waals surface area (Å²) in [6.07, 6.45) is -0.993. The second kappa shape index (κ2) is 12.2. The van der Waals surface area contributed by atoms with Crippen molar-refractivity contribution in [1.29, 1.82) is 0 Å². The molecule has 6 nitrogen and oxygen atoms in total. The van der Waals surface area contributed by atoms with Crippen LogP contribution in [0.1, 0.15) is 28.9 Å². The molecule has 0 aliphatic heterocycles. The first-order valence-electron chi connectivity index (χ1n) is 11.1. The predicted molar refractivity (Wildman–Crippen MR) is 129 cm³/mol. The molecule has 0 spiro atoms. The summed E-state index contributed by atoms with van der Waals surface area (Å²) in [7, 11) is 3.28. The van der Waals surface area contributed by atoms with Gasteiger partial charge in [-0.3, -0.25) is 4.90 Å². The van der Waals surface area contributed by atoms with E-state index in [1.807, 2.05) is 72.8 Å². The van der Waals surface area contributed by atoms with Gasteiger partial charge >= 0.3 is 6.09 Å². The van der Waals surface area contributed by atoms with E-state index < -0.39 is 18.3 Å². The van der Waals surface area contributed by atoms with E-state index in [4.69, 9.17) is 4.74 Å². The molecule has 174 valence electrons. The van der Waals surface area contributed by atoms with Crippen LogP contribution in [-0.4, -0.2) is 59.8 Å². The Morgan fingerprint density at radius 2 is 1.27 bits per heavy atom. The zero-order chi connectivity index (χ0) is 23.6. The van der Waals surface area contributed by atoms with Crippen LogP contribution in [0.2, 0.25) is 0 Å². The molecule has 3 aromatic rings. The largest absolute Gasteiger partial charge is 0.414 e. The molecule has 3 rings (SSSR count). The van der Waals surface area contributed by atoms with Gasteiger partial charge in [-0.2, -0.15) is 0 Å². The van der Waals surface area contributed by atoms with E-state index in [1.165, 1.54) is 4.90 Å². The fourth-order valence-corrected chi connectivity index (χ4v) is 3.51. The summed E-state index contributed by atoms with van der Waals surface area (Å²) in [4.78, 5) is 15.2. The molecule has 0 saturated heterocycles. The number of amides is 1. The van der Waals surface area contributed by atoms with Gasteiger partial charge in [0.2, 0.25) is 0 Å². The van der Waals surface area contributed by atoms with E-state index in [2.05, 4.69) is 4.90 Å². The first-order valence-corrected chi connectivity index (χ1v) is 11.1. The minimum Gasteiger partial charge on any atom is -0.410 e. The maximum atomic E-state index is 11.7. The lowest BCUT2D eigenvalue weighted by atomic mass is 10.1. The lowest BCUT2D eigenvalue weighted by Crippen LogP contribution is -2.34. The third-order valence-corrected chi connectivity index (χ3v) is 5.44. The molecule has 2 N–H and O–H groups in total. The Balaban J connectivity index is 1.65. The number of carbonyl (C=O) groups is 1. The Morgan fingerprint density at radius 3 is 1.73 bits per heavy atom. The van der Waals surface area contributed by atoms with Gasteiger partial charge in [-0.25, -0.2) is 4.79 Å². The zero-order valence-corrected chi connectivity index (χ0v) is 19.2. The molecule has 0 saturated carbocycles. The van der Waals surface area contributed by atoms with Gasteiger partial charge in [-0.05, 0) is 35.2 Å². The van der Waals surface area contributed by atoms with E-state index >= 15 is 0 Å². The van der Waals surface area contributed by atoms with Crippen molar-refractivity contribution in [3.63, 3.8) is 0 Å². The predicted octanol–water partition coefficient (Wildman–Crippen LogP) is 4.06. The van der Waals surface area contributed by atoms with E-state index in [0.29, 0.717) is 25.4 Å². The molecule has 0 unspecified atom stereocenters. The molecule has 1 amide bonds. The van der Waals surface area contributed by atoms with Gasteiger partial charge in [-0.1, -0.05) is 72.8 Å². The van der Waals surface area contributed by atoms with Gasteiger partial charge < -0.3 is 19.8 Å². The van der Waals surface area contributed by atoms with Crippen LogP contribution in [0.15, 0.2) is 84.9 Å². The van der Waals surface area contributed by atoms with Crippen LogP contribution in [0, 0.1) is 0 Å². The molecule has 6 heteroatoms. The van der Waals surface area contributed by atoms with E-state index in [-0.39, 0.29) is 0 Å². The second-order valence-corrected chi connectivity index (χ2v) is 8.27. The summed E-state index contributed by atoms with van der Waals surface area (Å²) in [5.74, 6) is 0.494.